The van der Waals surface area contributed by atoms with Crippen LogP contribution in [0.25, 0.3) is 11.0 Å². The van der Waals surface area contributed by atoms with E-state index >= 15 is 0 Å². The van der Waals surface area contributed by atoms with Crippen LogP contribution < -0.4 is 10.2 Å². The number of halogens is 2. The third-order valence-electron chi connectivity index (χ3n) is 4.53. The van der Waals surface area contributed by atoms with Crippen LogP contribution >= 0.6 is 0 Å². The smallest absolute Gasteiger partial charge is 0.255 e. The van der Waals surface area contributed by atoms with Gasteiger partial charge in [-0.05, 0) is 25.7 Å². The number of alkyl halides is 2. The summed E-state index contributed by atoms with van der Waals surface area (Å²) in [5.74, 6) is 1.48. The molecule has 0 unspecified atom stereocenters. The van der Waals surface area contributed by atoms with Crippen LogP contribution in [0.4, 0.5) is 14.6 Å². The largest absolute Gasteiger partial charge is 0.356 e. The Kier molecular flexibility index (Phi) is 5.10. The maximum atomic E-state index is 12.1. The molecule has 1 N–H and O–H groups in total. The van der Waals surface area contributed by atoms with Crippen molar-refractivity contribution < 1.29 is 13.6 Å². The molecule has 3 heterocycles. The lowest BCUT2D eigenvalue weighted by atomic mass is 9.93. The van der Waals surface area contributed by atoms with Crippen LogP contribution in [0.15, 0.2) is 6.20 Å². The molecule has 0 bridgehead atoms. The van der Waals surface area contributed by atoms with Gasteiger partial charge in [0.2, 0.25) is 5.91 Å². The van der Waals surface area contributed by atoms with Crippen molar-refractivity contribution in [3.63, 3.8) is 0 Å². The highest BCUT2D eigenvalue weighted by Gasteiger charge is 2.24. The highest BCUT2D eigenvalue weighted by molar-refractivity contribution is 5.87. The number of aromatic nitrogens is 4. The molecule has 2 aromatic rings. The minimum atomic E-state index is -2.51. The van der Waals surface area contributed by atoms with Gasteiger partial charge < -0.3 is 10.2 Å². The highest BCUT2D eigenvalue weighted by atomic mass is 19.3. The number of hydrogen-bond acceptors (Lipinski definition) is 5. The van der Waals surface area contributed by atoms with Crippen molar-refractivity contribution in [3.8, 4) is 0 Å². The van der Waals surface area contributed by atoms with Crippen molar-refractivity contribution in [2.75, 3.05) is 24.5 Å². The van der Waals surface area contributed by atoms with Gasteiger partial charge in [-0.2, -0.15) is 5.10 Å². The number of nitrogens with zero attached hydrogens (tertiary/aromatic N) is 5. The number of rotatable bonds is 5. The molecule has 1 aliphatic heterocycles. The number of carbonyl (C=O) groups excluding carboxylic acids is 1. The molecule has 1 fully saturated rings. The maximum absolute atomic E-state index is 12.1. The second-order valence-electron chi connectivity index (χ2n) is 6.43. The summed E-state index contributed by atoms with van der Waals surface area (Å²) in [5.41, 5.74) is 0.802. The van der Waals surface area contributed by atoms with E-state index in [-0.39, 0.29) is 11.8 Å². The molecule has 1 aliphatic rings. The average Bonchev–Trinajstić information content (AvgIpc) is 2.94. The Labute approximate surface area is 144 Å². The number of carbonyl (C=O) groups is 1. The molecular weight excluding hydrogens is 330 g/mol. The van der Waals surface area contributed by atoms with Crippen molar-refractivity contribution in [2.45, 2.75) is 32.6 Å². The number of anilines is 1. The van der Waals surface area contributed by atoms with E-state index in [0.29, 0.717) is 12.2 Å². The van der Waals surface area contributed by atoms with Crippen LogP contribution in [-0.4, -0.2) is 51.7 Å². The van der Waals surface area contributed by atoms with E-state index in [1.165, 1.54) is 0 Å². The van der Waals surface area contributed by atoms with Gasteiger partial charge in [0.1, 0.15) is 11.6 Å². The molecule has 7 nitrogen and oxygen atoms in total. The first-order valence-corrected chi connectivity index (χ1v) is 8.40. The second-order valence-corrected chi connectivity index (χ2v) is 6.43. The van der Waals surface area contributed by atoms with Gasteiger partial charge >= 0.3 is 0 Å². The molecule has 0 radical (unpaired) electrons. The van der Waals surface area contributed by atoms with Gasteiger partial charge in [-0.15, -0.1) is 0 Å². The zero-order valence-corrected chi connectivity index (χ0v) is 14.4. The fourth-order valence-electron chi connectivity index (χ4n) is 3.23. The molecule has 0 aliphatic carbocycles. The molecule has 0 saturated carbocycles. The maximum Gasteiger partial charge on any atom is 0.255 e. The quantitative estimate of drug-likeness (QED) is 0.886. The van der Waals surface area contributed by atoms with Gasteiger partial charge in [0, 0.05) is 26.6 Å². The molecule has 1 amide bonds. The Morgan fingerprint density at radius 3 is 2.76 bits per heavy atom. The Bertz CT molecular complexity index is 754. The first kappa shape index (κ1) is 17.5. The predicted octanol–water partition coefficient (Wildman–Crippen LogP) is 1.66. The van der Waals surface area contributed by atoms with E-state index in [1.807, 2.05) is 14.0 Å². The van der Waals surface area contributed by atoms with Crippen molar-refractivity contribution in [1.29, 1.82) is 0 Å². The minimum absolute atomic E-state index is 0.209. The third kappa shape index (κ3) is 4.02. The van der Waals surface area contributed by atoms with Gasteiger partial charge in [0.25, 0.3) is 6.43 Å². The molecule has 0 spiro atoms. The van der Waals surface area contributed by atoms with Crippen LogP contribution in [0.1, 0.15) is 25.1 Å². The van der Waals surface area contributed by atoms with E-state index < -0.39 is 13.0 Å². The summed E-state index contributed by atoms with van der Waals surface area (Å²) in [6, 6.07) is 0. The number of nitrogens with one attached hydrogen (secondary N) is 1. The molecule has 9 heteroatoms. The number of piperidine rings is 1. The molecule has 0 aromatic carbocycles. The number of hydrogen-bond donors (Lipinski definition) is 1. The summed E-state index contributed by atoms with van der Waals surface area (Å²) in [7, 11) is 1.85. The highest BCUT2D eigenvalue weighted by Crippen LogP contribution is 2.28. The molecule has 136 valence electrons. The number of amides is 1. The fraction of sp³-hybridized carbons (Fsp3) is 0.625. The van der Waals surface area contributed by atoms with Crippen LogP contribution in [0.3, 0.4) is 0 Å². The summed E-state index contributed by atoms with van der Waals surface area (Å²) in [5, 5.41) is 7.44. The fourth-order valence-corrected chi connectivity index (χ4v) is 3.23. The summed E-state index contributed by atoms with van der Waals surface area (Å²) in [6.45, 7) is 2.83. The molecule has 25 heavy (non-hydrogen) atoms. The monoisotopic (exact) mass is 352 g/mol. The average molecular weight is 352 g/mol. The predicted molar refractivity (Wildman–Crippen MR) is 89.6 cm³/mol. The van der Waals surface area contributed by atoms with Crippen molar-refractivity contribution in [2.24, 2.45) is 13.0 Å². The Hall–Kier alpha value is -2.32. The molecule has 1 saturated heterocycles. The number of fused-ring (bicyclic) bond motifs is 1. The first-order valence-electron chi connectivity index (χ1n) is 8.40. The van der Waals surface area contributed by atoms with E-state index in [1.54, 1.807) is 10.9 Å². The summed E-state index contributed by atoms with van der Waals surface area (Å²) in [6.07, 6.45) is 1.22. The summed E-state index contributed by atoms with van der Waals surface area (Å²) in [4.78, 5) is 22.9. The zero-order chi connectivity index (χ0) is 18.0. The number of aryl methyl sites for hydroxylation is 2. The van der Waals surface area contributed by atoms with Crippen LogP contribution in [0.5, 0.6) is 0 Å². The minimum Gasteiger partial charge on any atom is -0.356 e. The Morgan fingerprint density at radius 1 is 1.36 bits per heavy atom. The Balaban J connectivity index is 1.62. The lowest BCUT2D eigenvalue weighted by molar-refractivity contribution is -0.122. The van der Waals surface area contributed by atoms with Gasteiger partial charge in [0.05, 0.1) is 18.1 Å². The topological polar surface area (TPSA) is 75.9 Å². The van der Waals surface area contributed by atoms with Crippen LogP contribution in [-0.2, 0) is 11.8 Å². The van der Waals surface area contributed by atoms with Crippen LogP contribution in [0.2, 0.25) is 0 Å². The Morgan fingerprint density at radius 2 is 2.08 bits per heavy atom. The molecule has 0 atom stereocenters. The molecule has 3 rings (SSSR count). The standard InChI is InChI=1S/C16H22F2N6O/c1-10-21-15-12(8-20-23(15)2)16(22-10)24-5-3-11(4-6-24)7-14(25)19-9-13(17)18/h8,11,13H,3-7,9H2,1-2H3,(H,19,25). The lowest BCUT2D eigenvalue weighted by Gasteiger charge is -2.32. The van der Waals surface area contributed by atoms with Crippen LogP contribution in [0, 0.1) is 12.8 Å². The summed E-state index contributed by atoms with van der Waals surface area (Å²) >= 11 is 0. The third-order valence-corrected chi connectivity index (χ3v) is 4.53. The van der Waals surface area contributed by atoms with Gasteiger partial charge in [-0.25, -0.2) is 18.7 Å². The van der Waals surface area contributed by atoms with Crippen molar-refractivity contribution in [3.05, 3.63) is 12.0 Å². The lowest BCUT2D eigenvalue weighted by Crippen LogP contribution is -2.37. The molecular formula is C16H22F2N6O. The van der Waals surface area contributed by atoms with Gasteiger partial charge in [-0.3, -0.25) is 9.48 Å². The van der Waals surface area contributed by atoms with Gasteiger partial charge in [0.15, 0.2) is 5.65 Å². The SMILES string of the molecule is Cc1nc(N2CCC(CC(=O)NCC(F)F)CC2)c2cnn(C)c2n1. The van der Waals surface area contributed by atoms with Crippen molar-refractivity contribution in [1.82, 2.24) is 25.1 Å². The summed E-state index contributed by atoms with van der Waals surface area (Å²) < 4.78 is 26.0. The first-order chi connectivity index (χ1) is 11.9. The van der Waals surface area contributed by atoms with E-state index in [2.05, 4.69) is 25.3 Å². The zero-order valence-electron chi connectivity index (χ0n) is 14.4. The van der Waals surface area contributed by atoms with Crippen molar-refractivity contribution >= 4 is 22.8 Å². The van der Waals surface area contributed by atoms with E-state index in [9.17, 15) is 13.6 Å². The van der Waals surface area contributed by atoms with Gasteiger partial charge in [-0.1, -0.05) is 0 Å². The normalized spacial score (nSPS) is 16.0. The molecule has 2 aromatic heterocycles. The van der Waals surface area contributed by atoms with E-state index in [4.69, 9.17) is 0 Å². The van der Waals surface area contributed by atoms with E-state index in [0.717, 1.165) is 42.8 Å². The second kappa shape index (κ2) is 7.28.